The van der Waals surface area contributed by atoms with E-state index in [1.165, 1.54) is 0 Å². The molecule has 1 aliphatic rings. The van der Waals surface area contributed by atoms with Crippen LogP contribution in [0.25, 0.3) is 0 Å². The Morgan fingerprint density at radius 3 is 2.28 bits per heavy atom. The first-order valence-corrected chi connectivity index (χ1v) is 8.77. The van der Waals surface area contributed by atoms with Gasteiger partial charge in [-0.2, -0.15) is 0 Å². The normalized spacial score (nSPS) is 16.0. The number of rotatable bonds is 5. The Morgan fingerprint density at radius 1 is 1.20 bits per heavy atom. The highest BCUT2D eigenvalue weighted by molar-refractivity contribution is 14.0. The maximum Gasteiger partial charge on any atom is 0.309 e. The zero-order valence-electron chi connectivity index (χ0n) is 16.1. The van der Waals surface area contributed by atoms with Crippen LogP contribution in [-0.4, -0.2) is 61.1 Å². The number of hydrogen-bond donors (Lipinski definition) is 2. The molecular formula is C17H33IN4O3. The molecule has 0 spiro atoms. The Kier molecular flexibility index (Phi) is 11.0. The molecule has 25 heavy (non-hydrogen) atoms. The lowest BCUT2D eigenvalue weighted by Crippen LogP contribution is -2.47. The van der Waals surface area contributed by atoms with E-state index in [-0.39, 0.29) is 53.9 Å². The maximum atomic E-state index is 11.9. The summed E-state index contributed by atoms with van der Waals surface area (Å²) in [6, 6.07) is 0. The second kappa shape index (κ2) is 11.5. The number of esters is 1. The lowest BCUT2D eigenvalue weighted by molar-refractivity contribution is -0.149. The van der Waals surface area contributed by atoms with Crippen LogP contribution in [0.2, 0.25) is 0 Å². The molecule has 1 aliphatic heterocycles. The molecule has 0 saturated carbocycles. The van der Waals surface area contributed by atoms with Gasteiger partial charge in [-0.1, -0.05) is 0 Å². The molecule has 0 aliphatic carbocycles. The van der Waals surface area contributed by atoms with Crippen LogP contribution in [0.3, 0.4) is 0 Å². The molecule has 0 unspecified atom stereocenters. The fraction of sp³-hybridized carbons (Fsp3) is 0.824. The molecule has 1 fully saturated rings. The van der Waals surface area contributed by atoms with Gasteiger partial charge in [0.1, 0.15) is 6.54 Å². The van der Waals surface area contributed by atoms with Gasteiger partial charge in [0.25, 0.3) is 0 Å². The van der Waals surface area contributed by atoms with Crippen LogP contribution in [0, 0.1) is 5.92 Å². The van der Waals surface area contributed by atoms with Crippen molar-refractivity contribution >= 4 is 41.8 Å². The standard InChI is InChI=1S/C17H32N4O3.HI/c1-6-18-16(19-12-14(22)20-17(3,4)5)21-10-8-13(9-11-21)15(23)24-7-2;/h13H,6-12H2,1-5H3,(H,18,19)(H,20,22);1H. The van der Waals surface area contributed by atoms with Crippen molar-refractivity contribution in [3.63, 3.8) is 0 Å². The largest absolute Gasteiger partial charge is 0.466 e. The summed E-state index contributed by atoms with van der Waals surface area (Å²) in [5.41, 5.74) is -0.261. The quantitative estimate of drug-likeness (QED) is 0.278. The van der Waals surface area contributed by atoms with Crippen LogP contribution >= 0.6 is 24.0 Å². The summed E-state index contributed by atoms with van der Waals surface area (Å²) in [6.07, 6.45) is 1.49. The van der Waals surface area contributed by atoms with Gasteiger partial charge in [0.05, 0.1) is 12.5 Å². The minimum atomic E-state index is -0.261. The topological polar surface area (TPSA) is 83.0 Å². The minimum Gasteiger partial charge on any atom is -0.466 e. The van der Waals surface area contributed by atoms with E-state index < -0.39 is 0 Å². The van der Waals surface area contributed by atoms with Gasteiger partial charge in [-0.3, -0.25) is 9.59 Å². The molecule has 0 aromatic heterocycles. The summed E-state index contributed by atoms with van der Waals surface area (Å²) >= 11 is 0. The van der Waals surface area contributed by atoms with E-state index in [1.807, 2.05) is 34.6 Å². The zero-order valence-corrected chi connectivity index (χ0v) is 18.4. The van der Waals surface area contributed by atoms with Crippen molar-refractivity contribution in [1.29, 1.82) is 0 Å². The maximum absolute atomic E-state index is 11.9. The molecule has 0 atom stereocenters. The fourth-order valence-corrected chi connectivity index (χ4v) is 2.62. The van der Waals surface area contributed by atoms with E-state index in [9.17, 15) is 9.59 Å². The number of nitrogens with one attached hydrogen (secondary N) is 2. The van der Waals surface area contributed by atoms with E-state index in [2.05, 4.69) is 20.5 Å². The highest BCUT2D eigenvalue weighted by Gasteiger charge is 2.27. The van der Waals surface area contributed by atoms with Gasteiger partial charge in [0.15, 0.2) is 5.96 Å². The van der Waals surface area contributed by atoms with E-state index >= 15 is 0 Å². The van der Waals surface area contributed by atoms with E-state index in [4.69, 9.17) is 4.74 Å². The molecular weight excluding hydrogens is 435 g/mol. The number of hydrogen-bond acceptors (Lipinski definition) is 4. The number of aliphatic imine (C=N–C) groups is 1. The van der Waals surface area contributed by atoms with E-state index in [0.717, 1.165) is 38.4 Å². The van der Waals surface area contributed by atoms with Gasteiger partial charge in [0.2, 0.25) is 5.91 Å². The summed E-state index contributed by atoms with van der Waals surface area (Å²) in [5, 5.41) is 6.12. The first kappa shape index (κ1) is 23.9. The lowest BCUT2D eigenvalue weighted by Gasteiger charge is -2.33. The molecule has 0 aromatic carbocycles. The van der Waals surface area contributed by atoms with Crippen molar-refractivity contribution in [2.75, 3.05) is 32.8 Å². The monoisotopic (exact) mass is 468 g/mol. The SMILES string of the molecule is CCNC(=NCC(=O)NC(C)(C)C)N1CCC(C(=O)OCC)CC1.I. The second-order valence-corrected chi connectivity index (χ2v) is 6.98. The number of amides is 1. The summed E-state index contributed by atoms with van der Waals surface area (Å²) in [4.78, 5) is 30.3. The van der Waals surface area contributed by atoms with Crippen LogP contribution in [0.1, 0.15) is 47.5 Å². The first-order valence-electron chi connectivity index (χ1n) is 8.77. The molecule has 1 rings (SSSR count). The van der Waals surface area contributed by atoms with Crippen LogP contribution < -0.4 is 10.6 Å². The van der Waals surface area contributed by atoms with E-state index in [1.54, 1.807) is 0 Å². The predicted octanol–water partition coefficient (Wildman–Crippen LogP) is 1.76. The van der Waals surface area contributed by atoms with Crippen molar-refractivity contribution in [2.45, 2.75) is 53.0 Å². The number of carbonyl (C=O) groups is 2. The Morgan fingerprint density at radius 2 is 1.80 bits per heavy atom. The van der Waals surface area contributed by atoms with Crippen molar-refractivity contribution in [3.05, 3.63) is 0 Å². The number of guanidine groups is 1. The lowest BCUT2D eigenvalue weighted by atomic mass is 9.97. The van der Waals surface area contributed by atoms with Gasteiger partial charge in [-0.05, 0) is 47.5 Å². The van der Waals surface area contributed by atoms with Crippen molar-refractivity contribution < 1.29 is 14.3 Å². The first-order chi connectivity index (χ1) is 11.3. The third kappa shape index (κ3) is 9.27. The number of carbonyl (C=O) groups excluding carboxylic acids is 2. The third-order valence-electron chi connectivity index (χ3n) is 3.64. The molecule has 2 N–H and O–H groups in total. The van der Waals surface area contributed by atoms with Gasteiger partial charge >= 0.3 is 5.97 Å². The van der Waals surface area contributed by atoms with Crippen LogP contribution in [0.15, 0.2) is 4.99 Å². The number of nitrogens with zero attached hydrogens (tertiary/aromatic N) is 2. The molecule has 1 saturated heterocycles. The fourth-order valence-electron chi connectivity index (χ4n) is 2.62. The summed E-state index contributed by atoms with van der Waals surface area (Å²) < 4.78 is 5.09. The molecule has 8 heteroatoms. The summed E-state index contributed by atoms with van der Waals surface area (Å²) in [7, 11) is 0. The van der Waals surface area contributed by atoms with Gasteiger partial charge in [-0.15, -0.1) is 24.0 Å². The van der Waals surface area contributed by atoms with Crippen LogP contribution in [0.4, 0.5) is 0 Å². The molecule has 0 aromatic rings. The Hall–Kier alpha value is -1.06. The predicted molar refractivity (Wildman–Crippen MR) is 110 cm³/mol. The van der Waals surface area contributed by atoms with Crippen molar-refractivity contribution in [3.8, 4) is 0 Å². The number of piperidine rings is 1. The Bertz CT molecular complexity index is 455. The number of ether oxygens (including phenoxy) is 1. The van der Waals surface area contributed by atoms with Gasteiger partial charge in [-0.25, -0.2) is 4.99 Å². The molecule has 0 bridgehead atoms. The second-order valence-electron chi connectivity index (χ2n) is 6.98. The van der Waals surface area contributed by atoms with Crippen LogP contribution in [0.5, 0.6) is 0 Å². The highest BCUT2D eigenvalue weighted by atomic mass is 127. The molecule has 146 valence electrons. The Labute approximate surface area is 168 Å². The smallest absolute Gasteiger partial charge is 0.309 e. The minimum absolute atomic E-state index is 0. The number of halogens is 1. The van der Waals surface area contributed by atoms with Crippen molar-refractivity contribution in [2.24, 2.45) is 10.9 Å². The molecule has 1 heterocycles. The van der Waals surface area contributed by atoms with Gasteiger partial charge in [0, 0.05) is 25.2 Å². The average molecular weight is 468 g/mol. The van der Waals surface area contributed by atoms with Gasteiger partial charge < -0.3 is 20.3 Å². The summed E-state index contributed by atoms with van der Waals surface area (Å²) in [6.45, 7) is 12.4. The molecule has 7 nitrogen and oxygen atoms in total. The third-order valence-corrected chi connectivity index (χ3v) is 3.64. The molecule has 0 radical (unpaired) electrons. The van der Waals surface area contributed by atoms with E-state index in [0.29, 0.717) is 6.61 Å². The summed E-state index contributed by atoms with van der Waals surface area (Å²) in [5.74, 6) is 0.486. The van der Waals surface area contributed by atoms with Crippen LogP contribution in [-0.2, 0) is 14.3 Å². The highest BCUT2D eigenvalue weighted by Crippen LogP contribution is 2.18. The Balaban J connectivity index is 0.00000576. The number of likely N-dealkylation sites (tertiary alicyclic amines) is 1. The molecule has 1 amide bonds. The average Bonchev–Trinajstić information content (AvgIpc) is 2.50. The zero-order chi connectivity index (χ0) is 18.2. The van der Waals surface area contributed by atoms with Crippen molar-refractivity contribution in [1.82, 2.24) is 15.5 Å².